The van der Waals surface area contributed by atoms with Crippen molar-refractivity contribution in [2.45, 2.75) is 11.8 Å². The summed E-state index contributed by atoms with van der Waals surface area (Å²) in [6.45, 7) is 1.59. The molecule has 2 aromatic rings. The van der Waals surface area contributed by atoms with Crippen molar-refractivity contribution in [1.82, 2.24) is 0 Å². The number of amides is 1. The number of nitrogens with one attached hydrogen (secondary N) is 1. The summed E-state index contributed by atoms with van der Waals surface area (Å²) in [7, 11) is -4.44. The second kappa shape index (κ2) is 6.35. The van der Waals surface area contributed by atoms with Gasteiger partial charge >= 0.3 is 6.09 Å². The molecular formula is C14H12ClNO5S. The van der Waals surface area contributed by atoms with E-state index in [2.05, 4.69) is 5.32 Å². The van der Waals surface area contributed by atoms with Gasteiger partial charge in [-0.25, -0.2) is 4.79 Å². The number of benzene rings is 2. The van der Waals surface area contributed by atoms with Gasteiger partial charge in [0.15, 0.2) is 0 Å². The van der Waals surface area contributed by atoms with E-state index in [0.717, 1.165) is 12.1 Å². The van der Waals surface area contributed by atoms with Crippen molar-refractivity contribution in [3.05, 3.63) is 53.1 Å². The summed E-state index contributed by atoms with van der Waals surface area (Å²) in [5.74, 6) is 0.328. The third-order valence-electron chi connectivity index (χ3n) is 2.81. The van der Waals surface area contributed by atoms with Crippen molar-refractivity contribution in [2.24, 2.45) is 0 Å². The molecule has 2 aromatic carbocycles. The fourth-order valence-corrected chi connectivity index (χ4v) is 2.48. The number of halogens is 1. The smallest absolute Gasteiger partial charge is 0.410 e. The molecule has 0 saturated carbocycles. The van der Waals surface area contributed by atoms with E-state index in [1.54, 1.807) is 37.3 Å². The van der Waals surface area contributed by atoms with Crippen LogP contribution in [-0.4, -0.2) is 19.1 Å². The van der Waals surface area contributed by atoms with Crippen molar-refractivity contribution in [2.75, 3.05) is 5.32 Å². The Kier molecular flexibility index (Phi) is 4.70. The van der Waals surface area contributed by atoms with Gasteiger partial charge in [0.2, 0.25) is 0 Å². The number of carbonyl (C=O) groups is 1. The van der Waals surface area contributed by atoms with E-state index in [0.29, 0.717) is 11.3 Å². The first-order valence-corrected chi connectivity index (χ1v) is 7.90. The normalized spacial score (nSPS) is 11.0. The molecule has 0 aliphatic rings. The predicted molar refractivity (Wildman–Crippen MR) is 82.1 cm³/mol. The SMILES string of the molecule is Cc1c(Cl)cc(S(=O)(=O)O)cc1NC(=O)Oc1ccccc1. The van der Waals surface area contributed by atoms with Crippen molar-refractivity contribution in [1.29, 1.82) is 0 Å². The minimum atomic E-state index is -4.44. The first-order chi connectivity index (χ1) is 10.3. The summed E-state index contributed by atoms with van der Waals surface area (Å²) >= 11 is 5.90. The molecule has 0 bridgehead atoms. The van der Waals surface area contributed by atoms with E-state index < -0.39 is 21.1 Å². The van der Waals surface area contributed by atoms with Gasteiger partial charge in [-0.2, -0.15) is 8.42 Å². The van der Waals surface area contributed by atoms with Gasteiger partial charge in [0.25, 0.3) is 10.1 Å². The van der Waals surface area contributed by atoms with Gasteiger partial charge in [-0.05, 0) is 36.8 Å². The average molecular weight is 342 g/mol. The Labute approximate surface area is 132 Å². The second-order valence-electron chi connectivity index (χ2n) is 4.38. The molecule has 6 nitrogen and oxygen atoms in total. The van der Waals surface area contributed by atoms with Gasteiger partial charge in [0, 0.05) is 10.7 Å². The monoisotopic (exact) mass is 341 g/mol. The molecule has 0 saturated heterocycles. The van der Waals surface area contributed by atoms with Gasteiger partial charge < -0.3 is 4.74 Å². The van der Waals surface area contributed by atoms with Gasteiger partial charge in [0.05, 0.1) is 4.90 Å². The number of hydrogen-bond acceptors (Lipinski definition) is 4. The Bertz CT molecular complexity index is 805. The summed E-state index contributed by atoms with van der Waals surface area (Å²) in [4.78, 5) is 11.4. The summed E-state index contributed by atoms with van der Waals surface area (Å²) in [5, 5.41) is 2.48. The van der Waals surface area contributed by atoms with Crippen molar-refractivity contribution in [3.63, 3.8) is 0 Å². The molecule has 0 fully saturated rings. The molecule has 0 aliphatic carbocycles. The maximum absolute atomic E-state index is 11.8. The largest absolute Gasteiger partial charge is 0.417 e. The molecule has 0 spiro atoms. The van der Waals surface area contributed by atoms with Crippen molar-refractivity contribution in [3.8, 4) is 5.75 Å². The maximum atomic E-state index is 11.8. The summed E-state index contributed by atoms with van der Waals surface area (Å²) < 4.78 is 36.5. The first-order valence-electron chi connectivity index (χ1n) is 6.09. The summed E-state index contributed by atoms with van der Waals surface area (Å²) in [5.41, 5.74) is 0.570. The Morgan fingerprint density at radius 1 is 1.23 bits per heavy atom. The van der Waals surface area contributed by atoms with E-state index in [4.69, 9.17) is 20.9 Å². The molecule has 1 amide bonds. The first kappa shape index (κ1) is 16.3. The van der Waals surface area contributed by atoms with Gasteiger partial charge in [0.1, 0.15) is 5.75 Å². The van der Waals surface area contributed by atoms with Crippen LogP contribution in [0.15, 0.2) is 47.4 Å². The van der Waals surface area contributed by atoms with Gasteiger partial charge in [-0.3, -0.25) is 9.87 Å². The van der Waals surface area contributed by atoms with Crippen LogP contribution in [0, 0.1) is 6.92 Å². The minimum absolute atomic E-state index is 0.0881. The zero-order valence-corrected chi connectivity index (χ0v) is 13.0. The number of rotatable bonds is 3. The van der Waals surface area contributed by atoms with Crippen LogP contribution >= 0.6 is 11.6 Å². The highest BCUT2D eigenvalue weighted by atomic mass is 35.5. The van der Waals surface area contributed by atoms with Crippen LogP contribution in [0.5, 0.6) is 5.75 Å². The Hall–Kier alpha value is -2.09. The number of carbonyl (C=O) groups excluding carboxylic acids is 1. The van der Waals surface area contributed by atoms with Gasteiger partial charge in [-0.1, -0.05) is 29.8 Å². The number of anilines is 1. The topological polar surface area (TPSA) is 92.7 Å². The van der Waals surface area contributed by atoms with Crippen LogP contribution in [0.25, 0.3) is 0 Å². The van der Waals surface area contributed by atoms with Crippen LogP contribution in [0.2, 0.25) is 5.02 Å². The van der Waals surface area contributed by atoms with E-state index in [9.17, 15) is 13.2 Å². The molecular weight excluding hydrogens is 330 g/mol. The molecule has 0 heterocycles. The van der Waals surface area contributed by atoms with E-state index in [1.807, 2.05) is 0 Å². The predicted octanol–water partition coefficient (Wildman–Crippen LogP) is 3.51. The third kappa shape index (κ3) is 3.97. The molecule has 0 aliphatic heterocycles. The lowest BCUT2D eigenvalue weighted by Crippen LogP contribution is -2.17. The Morgan fingerprint density at radius 3 is 2.45 bits per heavy atom. The van der Waals surface area contributed by atoms with E-state index in [1.165, 1.54) is 0 Å². The zero-order valence-electron chi connectivity index (χ0n) is 11.4. The third-order valence-corrected chi connectivity index (χ3v) is 4.03. The highest BCUT2D eigenvalue weighted by Gasteiger charge is 2.16. The lowest BCUT2D eigenvalue weighted by atomic mass is 10.2. The lowest BCUT2D eigenvalue weighted by Gasteiger charge is -2.11. The highest BCUT2D eigenvalue weighted by Crippen LogP contribution is 2.28. The highest BCUT2D eigenvalue weighted by molar-refractivity contribution is 7.85. The molecule has 0 radical (unpaired) electrons. The quantitative estimate of drug-likeness (QED) is 0.833. The second-order valence-corrected chi connectivity index (χ2v) is 6.21. The lowest BCUT2D eigenvalue weighted by molar-refractivity contribution is 0.215. The molecule has 0 unspecified atom stereocenters. The van der Waals surface area contributed by atoms with Crippen molar-refractivity contribution < 1.29 is 22.5 Å². The maximum Gasteiger partial charge on any atom is 0.417 e. The summed E-state index contributed by atoms with van der Waals surface area (Å²) in [6, 6.07) is 10.5. The fraction of sp³-hybridized carbons (Fsp3) is 0.0714. The number of hydrogen-bond donors (Lipinski definition) is 2. The zero-order chi connectivity index (χ0) is 16.3. The molecule has 116 valence electrons. The van der Waals surface area contributed by atoms with E-state index in [-0.39, 0.29) is 10.7 Å². The summed E-state index contributed by atoms with van der Waals surface area (Å²) in [6.07, 6.45) is -0.808. The molecule has 2 rings (SSSR count). The van der Waals surface area contributed by atoms with E-state index >= 15 is 0 Å². The number of para-hydroxylation sites is 1. The van der Waals surface area contributed by atoms with Crippen LogP contribution in [0.1, 0.15) is 5.56 Å². The Balaban J connectivity index is 2.25. The van der Waals surface area contributed by atoms with Crippen LogP contribution in [0.3, 0.4) is 0 Å². The van der Waals surface area contributed by atoms with Crippen LogP contribution in [0.4, 0.5) is 10.5 Å². The van der Waals surface area contributed by atoms with Crippen LogP contribution < -0.4 is 10.1 Å². The molecule has 22 heavy (non-hydrogen) atoms. The van der Waals surface area contributed by atoms with Crippen molar-refractivity contribution >= 4 is 33.5 Å². The average Bonchev–Trinajstić information content (AvgIpc) is 2.43. The van der Waals surface area contributed by atoms with Crippen LogP contribution in [-0.2, 0) is 10.1 Å². The molecule has 0 atom stereocenters. The Morgan fingerprint density at radius 2 is 1.86 bits per heavy atom. The molecule has 2 N–H and O–H groups in total. The fourth-order valence-electron chi connectivity index (χ4n) is 1.66. The number of ether oxygens (including phenoxy) is 1. The standard InChI is InChI=1S/C14H12ClNO5S/c1-9-12(15)7-11(22(18,19)20)8-13(9)16-14(17)21-10-5-3-2-4-6-10/h2-8H,1H3,(H,16,17)(H,18,19,20). The molecule has 0 aromatic heterocycles. The minimum Gasteiger partial charge on any atom is -0.410 e. The van der Waals surface area contributed by atoms with Gasteiger partial charge in [-0.15, -0.1) is 0 Å². The molecule has 8 heteroatoms.